The smallest absolute Gasteiger partial charge is 0.225 e. The highest BCUT2D eigenvalue weighted by Gasteiger charge is 2.35. The fraction of sp³-hybridized carbons (Fsp3) is 0.526. The molecule has 0 spiro atoms. The molecule has 1 amide bonds. The largest absolute Gasteiger partial charge is 0.497 e. The van der Waals surface area contributed by atoms with Crippen molar-refractivity contribution >= 4 is 34.6 Å². The van der Waals surface area contributed by atoms with Gasteiger partial charge in [-0.1, -0.05) is 23.5 Å². The summed E-state index contributed by atoms with van der Waals surface area (Å²) in [5, 5.41) is 5.42. The quantitative estimate of drug-likeness (QED) is 0.626. The summed E-state index contributed by atoms with van der Waals surface area (Å²) in [6.07, 6.45) is 4.53. The molecule has 144 valence electrons. The van der Waals surface area contributed by atoms with Gasteiger partial charge in [0.2, 0.25) is 11.0 Å². The van der Waals surface area contributed by atoms with E-state index in [4.69, 9.17) is 17.0 Å². The Hall–Kier alpha value is -1.77. The molecule has 2 aromatic rings. The number of nitrogens with zero attached hydrogens (tertiary/aromatic N) is 4. The molecule has 0 bridgehead atoms. The van der Waals surface area contributed by atoms with E-state index in [0.717, 1.165) is 34.2 Å². The minimum atomic E-state index is 0.0469. The Labute approximate surface area is 168 Å². The number of amides is 1. The first kappa shape index (κ1) is 18.6. The molecule has 0 N–H and O–H groups in total. The Morgan fingerprint density at radius 2 is 1.93 bits per heavy atom. The van der Waals surface area contributed by atoms with Crippen LogP contribution in [-0.2, 0) is 18.0 Å². The van der Waals surface area contributed by atoms with Crippen molar-refractivity contribution in [3.63, 3.8) is 0 Å². The Balaban J connectivity index is 1.50. The van der Waals surface area contributed by atoms with Gasteiger partial charge in [0.25, 0.3) is 0 Å². The minimum Gasteiger partial charge on any atom is -0.497 e. The fourth-order valence-electron chi connectivity index (χ4n) is 3.23. The van der Waals surface area contributed by atoms with Gasteiger partial charge in [-0.25, -0.2) is 4.68 Å². The molecule has 0 unspecified atom stereocenters. The SMILES string of the molecule is COc1ccc(CN(Cn2nc(N(C(C)=O)C3CC3)sc2=S)C2CC2)cc1. The summed E-state index contributed by atoms with van der Waals surface area (Å²) in [5.74, 6) is 0.915. The first-order chi connectivity index (χ1) is 13.0. The molecule has 2 aliphatic rings. The van der Waals surface area contributed by atoms with Crippen molar-refractivity contribution in [2.24, 2.45) is 0 Å². The van der Waals surface area contributed by atoms with Gasteiger partial charge in [-0.3, -0.25) is 14.6 Å². The zero-order chi connectivity index (χ0) is 19.0. The second kappa shape index (κ2) is 7.69. The van der Waals surface area contributed by atoms with E-state index in [-0.39, 0.29) is 5.91 Å². The van der Waals surface area contributed by atoms with Crippen LogP contribution in [0, 0.1) is 3.95 Å². The molecular weight excluding hydrogens is 380 g/mol. The van der Waals surface area contributed by atoms with E-state index in [1.54, 1.807) is 14.0 Å². The molecule has 1 aromatic carbocycles. The van der Waals surface area contributed by atoms with Crippen LogP contribution in [0.2, 0.25) is 0 Å². The van der Waals surface area contributed by atoms with Crippen LogP contribution in [-0.4, -0.2) is 39.8 Å². The van der Waals surface area contributed by atoms with Gasteiger partial charge in [-0.05, 0) is 55.6 Å². The first-order valence-corrected chi connectivity index (χ1v) is 10.5. The number of hydrogen-bond donors (Lipinski definition) is 0. The molecule has 1 aromatic heterocycles. The number of hydrogen-bond acceptors (Lipinski definition) is 6. The van der Waals surface area contributed by atoms with Gasteiger partial charge in [0.15, 0.2) is 3.95 Å². The molecule has 2 aliphatic carbocycles. The van der Waals surface area contributed by atoms with Gasteiger partial charge in [0.1, 0.15) is 5.75 Å². The second-order valence-corrected chi connectivity index (χ2v) is 8.84. The number of rotatable bonds is 8. The summed E-state index contributed by atoms with van der Waals surface area (Å²) in [6.45, 7) is 3.11. The van der Waals surface area contributed by atoms with Crippen LogP contribution >= 0.6 is 23.6 Å². The van der Waals surface area contributed by atoms with Crippen LogP contribution in [0.1, 0.15) is 38.2 Å². The number of carbonyl (C=O) groups is 1. The number of carbonyl (C=O) groups excluding carboxylic acids is 1. The average Bonchev–Trinajstić information content (AvgIpc) is 3.55. The molecule has 4 rings (SSSR count). The van der Waals surface area contributed by atoms with Crippen molar-refractivity contribution in [2.45, 2.75) is 57.9 Å². The van der Waals surface area contributed by atoms with Crippen LogP contribution in [0.5, 0.6) is 5.75 Å². The Morgan fingerprint density at radius 1 is 1.26 bits per heavy atom. The van der Waals surface area contributed by atoms with Crippen molar-refractivity contribution in [1.29, 1.82) is 0 Å². The molecular formula is C19H24N4O2S2. The number of anilines is 1. The highest BCUT2D eigenvalue weighted by atomic mass is 32.1. The van der Waals surface area contributed by atoms with E-state index in [1.165, 1.54) is 29.7 Å². The average molecular weight is 405 g/mol. The van der Waals surface area contributed by atoms with Crippen LogP contribution in [0.15, 0.2) is 24.3 Å². The Morgan fingerprint density at radius 3 is 2.48 bits per heavy atom. The van der Waals surface area contributed by atoms with Crippen LogP contribution in [0.3, 0.4) is 0 Å². The van der Waals surface area contributed by atoms with Gasteiger partial charge >= 0.3 is 0 Å². The summed E-state index contributed by atoms with van der Waals surface area (Å²) in [6, 6.07) is 9.07. The third-order valence-corrected chi connectivity index (χ3v) is 6.28. The summed E-state index contributed by atoms with van der Waals surface area (Å²) in [4.78, 5) is 16.2. The molecule has 6 nitrogen and oxygen atoms in total. The highest BCUT2D eigenvalue weighted by molar-refractivity contribution is 7.73. The molecule has 2 saturated carbocycles. The van der Waals surface area contributed by atoms with Crippen molar-refractivity contribution in [3.05, 3.63) is 33.8 Å². The molecule has 27 heavy (non-hydrogen) atoms. The predicted octanol–water partition coefficient (Wildman–Crippen LogP) is 3.82. The number of ether oxygens (including phenoxy) is 1. The summed E-state index contributed by atoms with van der Waals surface area (Å²) in [5.41, 5.74) is 1.24. The Kier molecular flexibility index (Phi) is 5.29. The van der Waals surface area contributed by atoms with Gasteiger partial charge in [0, 0.05) is 25.6 Å². The highest BCUT2D eigenvalue weighted by Crippen LogP contribution is 2.34. The third kappa shape index (κ3) is 4.39. The molecule has 0 atom stereocenters. The maximum absolute atomic E-state index is 12.0. The molecule has 8 heteroatoms. The fourth-order valence-corrected chi connectivity index (χ4v) is 4.43. The maximum atomic E-state index is 12.0. The van der Waals surface area contributed by atoms with Crippen molar-refractivity contribution < 1.29 is 9.53 Å². The normalized spacial score (nSPS) is 16.6. The number of benzene rings is 1. The van der Waals surface area contributed by atoms with E-state index in [2.05, 4.69) is 22.1 Å². The topological polar surface area (TPSA) is 50.6 Å². The second-order valence-electron chi connectivity index (χ2n) is 7.24. The van der Waals surface area contributed by atoms with Crippen LogP contribution in [0.4, 0.5) is 5.13 Å². The maximum Gasteiger partial charge on any atom is 0.225 e. The summed E-state index contributed by atoms with van der Waals surface area (Å²) >= 11 is 6.98. The lowest BCUT2D eigenvalue weighted by molar-refractivity contribution is -0.116. The Bertz CT molecular complexity index is 869. The van der Waals surface area contributed by atoms with Crippen LogP contribution < -0.4 is 9.64 Å². The van der Waals surface area contributed by atoms with Crippen LogP contribution in [0.25, 0.3) is 0 Å². The minimum absolute atomic E-state index is 0.0469. The standard InChI is InChI=1S/C19H24N4O2S2/c1-13(24)23(16-7-8-16)18-20-22(19(26)27-18)12-21(15-5-6-15)11-14-3-9-17(25-2)10-4-14/h3-4,9-10,15-16H,5-8,11-12H2,1-2H3. The van der Waals surface area contributed by atoms with Crippen molar-refractivity contribution in [2.75, 3.05) is 12.0 Å². The molecule has 0 radical (unpaired) electrons. The molecule has 2 fully saturated rings. The lowest BCUT2D eigenvalue weighted by Gasteiger charge is -2.22. The number of aromatic nitrogens is 2. The molecule has 0 aliphatic heterocycles. The predicted molar refractivity (Wildman–Crippen MR) is 109 cm³/mol. The van der Waals surface area contributed by atoms with E-state index < -0.39 is 0 Å². The summed E-state index contributed by atoms with van der Waals surface area (Å²) in [7, 11) is 1.68. The monoisotopic (exact) mass is 404 g/mol. The zero-order valence-corrected chi connectivity index (χ0v) is 17.3. The first-order valence-electron chi connectivity index (χ1n) is 9.30. The van der Waals surface area contributed by atoms with Gasteiger partial charge in [0.05, 0.1) is 13.8 Å². The lowest BCUT2D eigenvalue weighted by Crippen LogP contribution is -2.32. The van der Waals surface area contributed by atoms with Gasteiger partial charge < -0.3 is 4.74 Å². The van der Waals surface area contributed by atoms with Gasteiger partial charge in [-0.2, -0.15) is 0 Å². The van der Waals surface area contributed by atoms with E-state index >= 15 is 0 Å². The summed E-state index contributed by atoms with van der Waals surface area (Å²) < 4.78 is 7.83. The lowest BCUT2D eigenvalue weighted by atomic mass is 10.2. The van der Waals surface area contributed by atoms with E-state index in [1.807, 2.05) is 21.7 Å². The number of methoxy groups -OCH3 is 1. The van der Waals surface area contributed by atoms with Crippen molar-refractivity contribution in [1.82, 2.24) is 14.7 Å². The zero-order valence-electron chi connectivity index (χ0n) is 15.6. The van der Waals surface area contributed by atoms with E-state index in [9.17, 15) is 4.79 Å². The van der Waals surface area contributed by atoms with Crippen molar-refractivity contribution in [3.8, 4) is 5.75 Å². The molecule has 1 heterocycles. The van der Waals surface area contributed by atoms with Gasteiger partial charge in [-0.15, -0.1) is 5.10 Å². The molecule has 0 saturated heterocycles. The van der Waals surface area contributed by atoms with E-state index in [0.29, 0.717) is 18.8 Å². The third-order valence-electron chi connectivity index (χ3n) is 4.98.